The van der Waals surface area contributed by atoms with Crippen LogP contribution in [0.15, 0.2) is 48.6 Å². The molecule has 0 spiro atoms. The van der Waals surface area contributed by atoms with Crippen molar-refractivity contribution < 1.29 is 48.3 Å². The van der Waals surface area contributed by atoms with Crippen molar-refractivity contribution in [2.45, 2.75) is 18.9 Å². The van der Waals surface area contributed by atoms with Gasteiger partial charge in [-0.1, -0.05) is 12.1 Å². The normalized spacial score (nSPS) is 11.8. The van der Waals surface area contributed by atoms with Crippen LogP contribution in [0.25, 0.3) is 12.2 Å². The second kappa shape index (κ2) is 13.3. The Balaban J connectivity index is 1.78. The summed E-state index contributed by atoms with van der Waals surface area (Å²) in [7, 11) is 2.74. The molecule has 0 aliphatic heterocycles. The number of nitrogens with two attached hydrogens (primary N) is 1. The average Bonchev–Trinajstić information content (AvgIpc) is 2.86. The van der Waals surface area contributed by atoms with E-state index in [1.54, 1.807) is 0 Å². The maximum Gasteiger partial charge on any atom is 0.338 e. The summed E-state index contributed by atoms with van der Waals surface area (Å²) >= 11 is 0. The van der Waals surface area contributed by atoms with Gasteiger partial charge in [0.15, 0.2) is 23.0 Å². The molecule has 11 heteroatoms. The van der Waals surface area contributed by atoms with Gasteiger partial charge < -0.3 is 34.9 Å². The summed E-state index contributed by atoms with van der Waals surface area (Å²) in [5.74, 6) is -3.67. The predicted octanol–water partition coefficient (Wildman–Crippen LogP) is 2.09. The lowest BCUT2D eigenvalue weighted by atomic mass is 10.1. The summed E-state index contributed by atoms with van der Waals surface area (Å²) < 4.78 is 19.2. The Kier molecular flexibility index (Phi) is 10.2. The zero-order valence-electron chi connectivity index (χ0n) is 19.5. The fourth-order valence-electron chi connectivity index (χ4n) is 2.72. The number of phenolic OH excluding ortho intramolecular Hbond substituents is 2. The number of phenols is 2. The van der Waals surface area contributed by atoms with Gasteiger partial charge in [0.1, 0.15) is 6.04 Å². The first-order valence-corrected chi connectivity index (χ1v) is 10.5. The Bertz CT molecular complexity index is 1190. The largest absolute Gasteiger partial charge is 0.504 e. The van der Waals surface area contributed by atoms with E-state index in [0.29, 0.717) is 11.1 Å². The number of hydrogen-bond donors (Lipinski definition) is 3. The molecule has 0 heterocycles. The number of rotatable bonds is 10. The Hall–Kier alpha value is -4.64. The molecule has 0 saturated heterocycles. The van der Waals surface area contributed by atoms with Crippen molar-refractivity contribution in [1.82, 2.24) is 0 Å². The molecule has 2 aromatic rings. The maximum atomic E-state index is 12.0. The Morgan fingerprint density at radius 3 is 1.78 bits per heavy atom. The standard InChI is InChI=1S/C25H25NO10/c1-33-20-13-15(3-8-18(20)27)5-10-22(29)35-23(30)12-7-17(26)25(32)36-24(31)11-6-16-4-9-19(28)21(14-16)34-2/h3-6,8-11,13-14,17,27-28H,7,12,26H2,1-2H3/t17-/m0/s1. The summed E-state index contributed by atoms with van der Waals surface area (Å²) in [5.41, 5.74) is 6.67. The highest BCUT2D eigenvalue weighted by molar-refractivity contribution is 5.97. The van der Waals surface area contributed by atoms with E-state index in [-0.39, 0.29) is 35.8 Å². The topological polar surface area (TPSA) is 172 Å². The predicted molar refractivity (Wildman–Crippen MR) is 127 cm³/mol. The Morgan fingerprint density at radius 1 is 0.833 bits per heavy atom. The second-order valence-corrected chi connectivity index (χ2v) is 7.21. The quantitative estimate of drug-likeness (QED) is 0.248. The summed E-state index contributed by atoms with van der Waals surface area (Å²) in [4.78, 5) is 47.5. The number of carbonyl (C=O) groups is 4. The fourth-order valence-corrected chi connectivity index (χ4v) is 2.72. The van der Waals surface area contributed by atoms with E-state index in [1.807, 2.05) is 0 Å². The molecule has 2 aromatic carbocycles. The molecule has 2 rings (SSSR count). The minimum absolute atomic E-state index is 0.0713. The SMILES string of the molecule is COc1cc(C=CC(=O)OC(=O)CC[C@H](N)C(=O)OC(=O)C=Cc2ccc(O)c(OC)c2)ccc1O. The van der Waals surface area contributed by atoms with Crippen LogP contribution in [-0.2, 0) is 28.7 Å². The molecule has 0 radical (unpaired) electrons. The van der Waals surface area contributed by atoms with Gasteiger partial charge in [-0.3, -0.25) is 4.79 Å². The maximum absolute atomic E-state index is 12.0. The first kappa shape index (κ1) is 27.6. The third-order valence-electron chi connectivity index (χ3n) is 4.61. The van der Waals surface area contributed by atoms with E-state index in [9.17, 15) is 29.4 Å². The van der Waals surface area contributed by atoms with Crippen molar-refractivity contribution in [3.05, 3.63) is 59.7 Å². The zero-order chi connectivity index (χ0) is 26.7. The molecule has 0 aromatic heterocycles. The molecule has 36 heavy (non-hydrogen) atoms. The van der Waals surface area contributed by atoms with Gasteiger partial charge in [0.25, 0.3) is 0 Å². The van der Waals surface area contributed by atoms with Gasteiger partial charge in [-0.25, -0.2) is 14.4 Å². The summed E-state index contributed by atoms with van der Waals surface area (Å²) in [5, 5.41) is 19.1. The zero-order valence-corrected chi connectivity index (χ0v) is 19.5. The minimum atomic E-state index is -1.31. The highest BCUT2D eigenvalue weighted by Crippen LogP contribution is 2.27. The highest BCUT2D eigenvalue weighted by Gasteiger charge is 2.20. The Labute approximate surface area is 206 Å². The molecule has 0 unspecified atom stereocenters. The van der Waals surface area contributed by atoms with Gasteiger partial charge in [-0.2, -0.15) is 0 Å². The average molecular weight is 499 g/mol. The van der Waals surface area contributed by atoms with Gasteiger partial charge in [0.05, 0.1) is 14.2 Å². The van der Waals surface area contributed by atoms with E-state index >= 15 is 0 Å². The molecular weight excluding hydrogens is 474 g/mol. The second-order valence-electron chi connectivity index (χ2n) is 7.21. The first-order chi connectivity index (χ1) is 17.1. The number of aromatic hydroxyl groups is 2. The monoisotopic (exact) mass is 499 g/mol. The van der Waals surface area contributed by atoms with E-state index < -0.39 is 29.9 Å². The minimum Gasteiger partial charge on any atom is -0.504 e. The van der Waals surface area contributed by atoms with Gasteiger partial charge >= 0.3 is 23.9 Å². The summed E-state index contributed by atoms with van der Waals surface area (Å²) in [6.07, 6.45) is 4.09. The molecule has 4 N–H and O–H groups in total. The lowest BCUT2D eigenvalue weighted by Gasteiger charge is -2.08. The molecule has 1 atom stereocenters. The number of ether oxygens (including phenoxy) is 4. The van der Waals surface area contributed by atoms with Gasteiger partial charge in [0.2, 0.25) is 0 Å². The van der Waals surface area contributed by atoms with Gasteiger partial charge in [-0.15, -0.1) is 0 Å². The molecule has 0 aliphatic carbocycles. The van der Waals surface area contributed by atoms with Crippen LogP contribution in [0.1, 0.15) is 24.0 Å². The molecule has 0 amide bonds. The number of benzene rings is 2. The van der Waals surface area contributed by atoms with E-state index in [1.165, 1.54) is 62.8 Å². The summed E-state index contributed by atoms with van der Waals surface area (Å²) in [6, 6.07) is 7.42. The molecule has 11 nitrogen and oxygen atoms in total. The third-order valence-corrected chi connectivity index (χ3v) is 4.61. The van der Waals surface area contributed by atoms with E-state index in [2.05, 4.69) is 9.47 Å². The van der Waals surface area contributed by atoms with Crippen molar-refractivity contribution in [2.24, 2.45) is 5.73 Å². The van der Waals surface area contributed by atoms with Crippen LogP contribution in [0.2, 0.25) is 0 Å². The lowest BCUT2D eigenvalue weighted by Crippen LogP contribution is -2.34. The number of esters is 4. The van der Waals surface area contributed by atoms with Crippen LogP contribution >= 0.6 is 0 Å². The van der Waals surface area contributed by atoms with Crippen molar-refractivity contribution in [3.8, 4) is 23.0 Å². The van der Waals surface area contributed by atoms with Gasteiger partial charge in [0, 0.05) is 18.6 Å². The van der Waals surface area contributed by atoms with Crippen LogP contribution in [0.4, 0.5) is 0 Å². The summed E-state index contributed by atoms with van der Waals surface area (Å²) in [6.45, 7) is 0. The smallest absolute Gasteiger partial charge is 0.338 e. The van der Waals surface area contributed by atoms with Crippen LogP contribution < -0.4 is 15.2 Å². The van der Waals surface area contributed by atoms with Crippen molar-refractivity contribution >= 4 is 36.0 Å². The Morgan fingerprint density at radius 2 is 1.31 bits per heavy atom. The molecule has 0 aliphatic rings. The van der Waals surface area contributed by atoms with Gasteiger partial charge in [-0.05, 0) is 54.0 Å². The lowest BCUT2D eigenvalue weighted by molar-refractivity contribution is -0.157. The van der Waals surface area contributed by atoms with Crippen LogP contribution in [0.3, 0.4) is 0 Å². The molecule has 0 fully saturated rings. The highest BCUT2D eigenvalue weighted by atomic mass is 16.6. The third kappa shape index (κ3) is 8.61. The first-order valence-electron chi connectivity index (χ1n) is 10.5. The van der Waals surface area contributed by atoms with Crippen molar-refractivity contribution in [3.63, 3.8) is 0 Å². The van der Waals surface area contributed by atoms with E-state index in [4.69, 9.17) is 15.2 Å². The molecular formula is C25H25NO10. The number of hydrogen-bond acceptors (Lipinski definition) is 11. The number of methoxy groups -OCH3 is 2. The van der Waals surface area contributed by atoms with Crippen LogP contribution in [0, 0.1) is 0 Å². The molecule has 190 valence electrons. The molecule has 0 bridgehead atoms. The van der Waals surface area contributed by atoms with Crippen LogP contribution in [-0.4, -0.2) is 54.4 Å². The fraction of sp³-hybridized carbons (Fsp3) is 0.200. The van der Waals surface area contributed by atoms with E-state index in [0.717, 1.165) is 12.2 Å². The number of carbonyl (C=O) groups excluding carboxylic acids is 4. The van der Waals surface area contributed by atoms with Crippen LogP contribution in [0.5, 0.6) is 23.0 Å². The van der Waals surface area contributed by atoms with Crippen molar-refractivity contribution in [1.29, 1.82) is 0 Å². The van der Waals surface area contributed by atoms with Crippen molar-refractivity contribution in [2.75, 3.05) is 14.2 Å². The molecule has 0 saturated carbocycles.